The minimum absolute atomic E-state index is 0.0918. The van der Waals surface area contributed by atoms with Crippen molar-refractivity contribution in [3.63, 3.8) is 0 Å². The number of phenols is 1. The molecule has 2 aromatic heterocycles. The van der Waals surface area contributed by atoms with Crippen molar-refractivity contribution in [2.75, 3.05) is 0 Å². The Morgan fingerprint density at radius 1 is 1.33 bits per heavy atom. The predicted molar refractivity (Wildman–Crippen MR) is 88.7 cm³/mol. The first-order chi connectivity index (χ1) is 11.4. The third-order valence-electron chi connectivity index (χ3n) is 3.68. The lowest BCUT2D eigenvalue weighted by atomic mass is 9.99. The number of H-pyrrole nitrogens is 1. The molecule has 0 radical (unpaired) electrons. The van der Waals surface area contributed by atoms with Crippen molar-refractivity contribution in [2.45, 2.75) is 20.5 Å². The highest BCUT2D eigenvalue weighted by Crippen LogP contribution is 2.31. The Labute approximate surface area is 145 Å². The second-order valence-electron chi connectivity index (χ2n) is 5.27. The first-order valence-electron chi connectivity index (χ1n) is 7.08. The molecular weight excluding hydrogens is 378 g/mol. The maximum atomic E-state index is 12.9. The molecular formula is C16H14BrN3O4. The molecule has 0 unspecified atom stereocenters. The summed E-state index contributed by atoms with van der Waals surface area (Å²) in [4.78, 5) is 15.9. The van der Waals surface area contributed by atoms with Gasteiger partial charge in [-0.05, 0) is 37.6 Å². The Balaban J connectivity index is 2.09. The van der Waals surface area contributed by atoms with Gasteiger partial charge < -0.3 is 19.6 Å². The van der Waals surface area contributed by atoms with E-state index >= 15 is 0 Å². The minimum atomic E-state index is -0.358. The number of phenolic OH excluding ortho intramolecular Hbond substituents is 1. The van der Waals surface area contributed by atoms with Gasteiger partial charge in [-0.1, -0.05) is 15.9 Å². The Morgan fingerprint density at radius 3 is 2.75 bits per heavy atom. The Kier molecular flexibility index (Phi) is 4.25. The summed E-state index contributed by atoms with van der Waals surface area (Å²) in [6, 6.07) is 4.68. The number of benzene rings is 1. The number of aromatic amines is 1. The van der Waals surface area contributed by atoms with Gasteiger partial charge in [0, 0.05) is 15.7 Å². The van der Waals surface area contributed by atoms with E-state index in [9.17, 15) is 9.90 Å². The molecule has 0 aliphatic carbocycles. The lowest BCUT2D eigenvalue weighted by Gasteiger charge is -2.05. The Morgan fingerprint density at radius 2 is 2.08 bits per heavy atom. The van der Waals surface area contributed by atoms with Crippen molar-refractivity contribution >= 4 is 21.7 Å². The van der Waals surface area contributed by atoms with Crippen LogP contribution in [0.3, 0.4) is 0 Å². The smallest absolute Gasteiger partial charge is 0.264 e. The third kappa shape index (κ3) is 2.74. The molecule has 124 valence electrons. The number of aliphatic hydroxyl groups excluding tert-OH is 1. The molecule has 0 fully saturated rings. The number of nitrogens with one attached hydrogen (secondary N) is 1. The van der Waals surface area contributed by atoms with E-state index in [1.165, 1.54) is 6.07 Å². The molecule has 0 spiro atoms. The summed E-state index contributed by atoms with van der Waals surface area (Å²) in [5.41, 5.74) is 2.39. The molecule has 0 aliphatic heterocycles. The number of aryl methyl sites for hydroxylation is 1. The summed E-state index contributed by atoms with van der Waals surface area (Å²) in [6.07, 6.45) is 0. The molecule has 7 nitrogen and oxygen atoms in total. The summed E-state index contributed by atoms with van der Waals surface area (Å²) >= 11 is 3.30. The van der Waals surface area contributed by atoms with E-state index in [0.717, 1.165) is 0 Å². The van der Waals surface area contributed by atoms with E-state index in [-0.39, 0.29) is 35.5 Å². The van der Waals surface area contributed by atoms with Crippen LogP contribution in [0.5, 0.6) is 5.75 Å². The molecule has 3 N–H and O–H groups in total. The van der Waals surface area contributed by atoms with Crippen molar-refractivity contribution in [3.05, 3.63) is 50.9 Å². The zero-order valence-corrected chi connectivity index (χ0v) is 14.5. The van der Waals surface area contributed by atoms with E-state index < -0.39 is 0 Å². The number of halogens is 1. The molecule has 0 saturated heterocycles. The number of hydrogen-bond acceptors (Lipinski definition) is 6. The molecule has 3 rings (SSSR count). The van der Waals surface area contributed by atoms with Gasteiger partial charge in [-0.25, -0.2) is 0 Å². The Hall–Kier alpha value is -2.45. The maximum absolute atomic E-state index is 12.9. The van der Waals surface area contributed by atoms with Crippen LogP contribution in [0.25, 0.3) is 11.6 Å². The second-order valence-corrected chi connectivity index (χ2v) is 6.19. The van der Waals surface area contributed by atoms with Crippen LogP contribution in [0.4, 0.5) is 0 Å². The monoisotopic (exact) mass is 391 g/mol. The first-order valence-corrected chi connectivity index (χ1v) is 7.87. The van der Waals surface area contributed by atoms with Crippen LogP contribution in [0.15, 0.2) is 27.1 Å². The lowest BCUT2D eigenvalue weighted by molar-refractivity contribution is 0.103. The largest absolute Gasteiger partial charge is 0.507 e. The molecule has 0 aliphatic rings. The third-order valence-corrected chi connectivity index (χ3v) is 4.18. The van der Waals surface area contributed by atoms with Crippen LogP contribution in [-0.4, -0.2) is 31.2 Å². The fraction of sp³-hybridized carbons (Fsp3) is 0.188. The van der Waals surface area contributed by atoms with Gasteiger partial charge in [0.05, 0.1) is 5.56 Å². The topological polar surface area (TPSA) is 112 Å². The summed E-state index contributed by atoms with van der Waals surface area (Å²) in [5, 5.41) is 26.6. The van der Waals surface area contributed by atoms with Crippen molar-refractivity contribution in [3.8, 4) is 17.3 Å². The highest BCUT2D eigenvalue weighted by molar-refractivity contribution is 9.10. The van der Waals surface area contributed by atoms with Gasteiger partial charge in [-0.15, -0.1) is 10.2 Å². The van der Waals surface area contributed by atoms with Crippen molar-refractivity contribution in [1.29, 1.82) is 0 Å². The second kappa shape index (κ2) is 6.21. The van der Waals surface area contributed by atoms with Gasteiger partial charge in [0.25, 0.3) is 5.89 Å². The maximum Gasteiger partial charge on any atom is 0.264 e. The first kappa shape index (κ1) is 16.4. The van der Waals surface area contributed by atoms with E-state index in [1.807, 2.05) is 0 Å². The van der Waals surface area contributed by atoms with Crippen molar-refractivity contribution in [1.82, 2.24) is 15.2 Å². The fourth-order valence-corrected chi connectivity index (χ4v) is 2.91. The molecule has 3 aromatic rings. The number of carbonyl (C=O) groups is 1. The number of aliphatic hydroxyl groups is 1. The molecule has 0 amide bonds. The SMILES string of the molecule is Cc1[nH]c(-c2nnc(CO)o2)c(C)c1C(=O)c1cc(Br)ccc1O. The fourth-order valence-electron chi connectivity index (χ4n) is 2.55. The zero-order valence-electron chi connectivity index (χ0n) is 12.9. The number of aromatic nitrogens is 3. The Bertz CT molecular complexity index is 930. The van der Waals surface area contributed by atoms with Gasteiger partial charge >= 0.3 is 0 Å². The minimum Gasteiger partial charge on any atom is -0.507 e. The van der Waals surface area contributed by atoms with Crippen LogP contribution in [0.1, 0.15) is 33.1 Å². The van der Waals surface area contributed by atoms with Gasteiger partial charge in [0.1, 0.15) is 18.1 Å². The van der Waals surface area contributed by atoms with Crippen LogP contribution in [-0.2, 0) is 6.61 Å². The van der Waals surface area contributed by atoms with Gasteiger partial charge in [-0.2, -0.15) is 0 Å². The molecule has 8 heteroatoms. The number of carbonyl (C=O) groups excluding carboxylic acids is 1. The van der Waals surface area contributed by atoms with Crippen LogP contribution >= 0.6 is 15.9 Å². The molecule has 2 heterocycles. The van der Waals surface area contributed by atoms with Crippen molar-refractivity contribution in [2.24, 2.45) is 0 Å². The number of ketones is 1. The number of aromatic hydroxyl groups is 1. The van der Waals surface area contributed by atoms with Crippen LogP contribution < -0.4 is 0 Å². The van der Waals surface area contributed by atoms with E-state index in [2.05, 4.69) is 31.1 Å². The summed E-state index contributed by atoms with van der Waals surface area (Å²) < 4.78 is 6.02. The predicted octanol–water partition coefficient (Wildman–Crippen LogP) is 2.87. The average molecular weight is 392 g/mol. The number of nitrogens with zero attached hydrogens (tertiary/aromatic N) is 2. The molecule has 0 saturated carbocycles. The zero-order chi connectivity index (χ0) is 17.4. The number of hydrogen-bond donors (Lipinski definition) is 3. The highest BCUT2D eigenvalue weighted by atomic mass is 79.9. The van der Waals surface area contributed by atoms with Crippen molar-refractivity contribution < 1.29 is 19.4 Å². The van der Waals surface area contributed by atoms with Crippen LogP contribution in [0, 0.1) is 13.8 Å². The highest BCUT2D eigenvalue weighted by Gasteiger charge is 2.24. The standard InChI is InChI=1S/C16H14BrN3O4/c1-7-13(15(23)10-5-9(17)3-4-11(10)22)8(2)18-14(7)16-20-19-12(6-21)24-16/h3-5,18,21-22H,6H2,1-2H3. The van der Waals surface area contributed by atoms with Gasteiger partial charge in [-0.3, -0.25) is 4.79 Å². The normalized spacial score (nSPS) is 11.0. The number of rotatable bonds is 4. The summed E-state index contributed by atoms with van der Waals surface area (Å²) in [5.74, 6) is -0.121. The molecule has 1 aromatic carbocycles. The van der Waals surface area contributed by atoms with E-state index in [0.29, 0.717) is 27.0 Å². The van der Waals surface area contributed by atoms with E-state index in [1.54, 1.807) is 26.0 Å². The lowest BCUT2D eigenvalue weighted by Crippen LogP contribution is -2.04. The van der Waals surface area contributed by atoms with Crippen LogP contribution in [0.2, 0.25) is 0 Å². The summed E-state index contributed by atoms with van der Waals surface area (Å²) in [6.45, 7) is 3.15. The molecule has 0 bridgehead atoms. The average Bonchev–Trinajstić information content (AvgIpc) is 3.13. The van der Waals surface area contributed by atoms with Gasteiger partial charge in [0.15, 0.2) is 5.78 Å². The van der Waals surface area contributed by atoms with E-state index in [4.69, 9.17) is 9.52 Å². The molecule has 0 atom stereocenters. The molecule has 24 heavy (non-hydrogen) atoms. The summed E-state index contributed by atoms with van der Waals surface area (Å²) in [7, 11) is 0. The quantitative estimate of drug-likeness (QED) is 0.589. The van der Waals surface area contributed by atoms with Gasteiger partial charge in [0.2, 0.25) is 5.89 Å².